The van der Waals surface area contributed by atoms with Crippen LogP contribution in [0.2, 0.25) is 0 Å². The van der Waals surface area contributed by atoms with E-state index in [1.807, 2.05) is 57.2 Å². The largest absolute Gasteiger partial charge is 0.307 e. The minimum Gasteiger partial charge on any atom is -0.307 e. The lowest BCUT2D eigenvalue weighted by Gasteiger charge is -2.33. The number of para-hydroxylation sites is 1. The van der Waals surface area contributed by atoms with Crippen LogP contribution >= 0.6 is 0 Å². The highest BCUT2D eigenvalue weighted by Gasteiger charge is 2.37. The molecule has 6 heteroatoms. The molecule has 1 heterocycles. The Labute approximate surface area is 161 Å². The van der Waals surface area contributed by atoms with E-state index in [4.69, 9.17) is 0 Å². The molecule has 0 bridgehead atoms. The number of fused-ring (bicyclic) bond motifs is 1. The van der Waals surface area contributed by atoms with Gasteiger partial charge >= 0.3 is 0 Å². The zero-order valence-electron chi connectivity index (χ0n) is 16.4. The quantitative estimate of drug-likeness (QED) is 0.809. The first-order valence-corrected chi connectivity index (χ1v) is 10.9. The van der Waals surface area contributed by atoms with E-state index in [1.165, 1.54) is 4.31 Å². The maximum Gasteiger partial charge on any atom is 0.250 e. The Balaban J connectivity index is 2.01. The highest BCUT2D eigenvalue weighted by molar-refractivity contribution is 7.92. The first-order chi connectivity index (χ1) is 12.6. The summed E-state index contributed by atoms with van der Waals surface area (Å²) in [5.41, 5.74) is 4.56. The Kier molecular flexibility index (Phi) is 5.04. The fourth-order valence-corrected chi connectivity index (χ4v) is 4.93. The van der Waals surface area contributed by atoms with Gasteiger partial charge in [0.1, 0.15) is 6.04 Å². The molecule has 0 aliphatic carbocycles. The highest BCUT2D eigenvalue weighted by atomic mass is 32.2. The summed E-state index contributed by atoms with van der Waals surface area (Å²) in [6.07, 6.45) is 1.92. The summed E-state index contributed by atoms with van der Waals surface area (Å²) in [6, 6.07) is 12.4. The Hall–Kier alpha value is -2.34. The van der Waals surface area contributed by atoms with E-state index in [0.29, 0.717) is 5.69 Å². The highest BCUT2D eigenvalue weighted by Crippen LogP contribution is 2.34. The lowest BCUT2D eigenvalue weighted by atomic mass is 10.1. The fourth-order valence-electron chi connectivity index (χ4n) is 3.77. The van der Waals surface area contributed by atoms with Gasteiger partial charge in [0, 0.05) is 11.7 Å². The minimum absolute atomic E-state index is 0.00138. The lowest BCUT2D eigenvalue weighted by molar-refractivity contribution is -0.119. The summed E-state index contributed by atoms with van der Waals surface area (Å²) in [5.74, 6) is -0.212. The number of carbonyl (C=O) groups is 1. The van der Waals surface area contributed by atoms with Gasteiger partial charge in [-0.25, -0.2) is 8.42 Å². The zero-order chi connectivity index (χ0) is 19.9. The number of sulfonamides is 1. The van der Waals surface area contributed by atoms with Gasteiger partial charge < -0.3 is 4.90 Å². The van der Waals surface area contributed by atoms with Crippen LogP contribution in [0.15, 0.2) is 42.5 Å². The molecule has 0 fully saturated rings. The lowest BCUT2D eigenvalue weighted by Crippen LogP contribution is -2.51. The molecule has 144 valence electrons. The van der Waals surface area contributed by atoms with Crippen molar-refractivity contribution in [3.8, 4) is 0 Å². The van der Waals surface area contributed by atoms with Crippen molar-refractivity contribution in [1.29, 1.82) is 0 Å². The van der Waals surface area contributed by atoms with Crippen LogP contribution in [0, 0.1) is 13.8 Å². The molecule has 5 nitrogen and oxygen atoms in total. The van der Waals surface area contributed by atoms with Crippen molar-refractivity contribution in [1.82, 2.24) is 0 Å². The van der Waals surface area contributed by atoms with E-state index in [0.717, 1.165) is 35.1 Å². The van der Waals surface area contributed by atoms with Crippen LogP contribution in [0.3, 0.4) is 0 Å². The molecule has 0 aromatic heterocycles. The van der Waals surface area contributed by atoms with Crippen molar-refractivity contribution in [2.45, 2.75) is 46.2 Å². The molecule has 0 saturated carbocycles. The molecule has 2 atom stereocenters. The van der Waals surface area contributed by atoms with Crippen LogP contribution < -0.4 is 9.21 Å². The third kappa shape index (κ3) is 3.58. The van der Waals surface area contributed by atoms with Gasteiger partial charge in [0.2, 0.25) is 10.0 Å². The summed E-state index contributed by atoms with van der Waals surface area (Å²) in [5, 5.41) is 0. The monoisotopic (exact) mass is 386 g/mol. The standard InChI is InChI=1S/C21H26N2O3S/c1-14-10-11-19(12-15(14)2)23(27(5,25)26)17(4)21(24)22-16(3)13-18-8-6-7-9-20(18)22/h6-12,16-17H,13H2,1-5H3. The van der Waals surface area contributed by atoms with Crippen LogP contribution in [-0.4, -0.2) is 32.7 Å². The van der Waals surface area contributed by atoms with Crippen LogP contribution in [0.4, 0.5) is 11.4 Å². The van der Waals surface area contributed by atoms with Crippen LogP contribution in [-0.2, 0) is 21.2 Å². The van der Waals surface area contributed by atoms with Gasteiger partial charge in [-0.05, 0) is 69.0 Å². The van der Waals surface area contributed by atoms with Gasteiger partial charge in [-0.15, -0.1) is 0 Å². The topological polar surface area (TPSA) is 57.7 Å². The third-order valence-corrected chi connectivity index (χ3v) is 6.50. The number of rotatable bonds is 4. The van der Waals surface area contributed by atoms with Crippen LogP contribution in [0.25, 0.3) is 0 Å². The third-order valence-electron chi connectivity index (χ3n) is 5.26. The first kappa shape index (κ1) is 19.4. The Morgan fingerprint density at radius 2 is 1.81 bits per heavy atom. The second-order valence-electron chi connectivity index (χ2n) is 7.39. The average molecular weight is 387 g/mol. The summed E-state index contributed by atoms with van der Waals surface area (Å²) >= 11 is 0. The number of nitrogens with zero attached hydrogens (tertiary/aromatic N) is 2. The number of aryl methyl sites for hydroxylation is 2. The van der Waals surface area contributed by atoms with Gasteiger partial charge in [0.15, 0.2) is 0 Å². The maximum atomic E-state index is 13.4. The van der Waals surface area contributed by atoms with Gasteiger partial charge in [0.05, 0.1) is 11.9 Å². The smallest absolute Gasteiger partial charge is 0.250 e. The molecular weight excluding hydrogens is 360 g/mol. The molecule has 1 aliphatic heterocycles. The second kappa shape index (κ2) is 7.00. The van der Waals surface area contributed by atoms with Crippen molar-refractivity contribution >= 4 is 27.3 Å². The normalized spacial score (nSPS) is 17.5. The fraction of sp³-hybridized carbons (Fsp3) is 0.381. The molecule has 0 radical (unpaired) electrons. The van der Waals surface area contributed by atoms with Gasteiger partial charge in [-0.2, -0.15) is 0 Å². The van der Waals surface area contributed by atoms with E-state index in [9.17, 15) is 13.2 Å². The SMILES string of the molecule is Cc1ccc(N(C(C)C(=O)N2c3ccccc3CC2C)S(C)(=O)=O)cc1C. The maximum absolute atomic E-state index is 13.4. The predicted octanol–water partition coefficient (Wildman–Crippen LogP) is 3.44. The van der Waals surface area contributed by atoms with Gasteiger partial charge in [-0.1, -0.05) is 24.3 Å². The number of carbonyl (C=O) groups excluding carboxylic acids is 1. The van der Waals surface area contributed by atoms with E-state index >= 15 is 0 Å². The Morgan fingerprint density at radius 1 is 1.15 bits per heavy atom. The summed E-state index contributed by atoms with van der Waals surface area (Å²) in [4.78, 5) is 15.1. The van der Waals surface area contributed by atoms with Crippen molar-refractivity contribution in [3.05, 3.63) is 59.2 Å². The first-order valence-electron chi connectivity index (χ1n) is 9.09. The summed E-state index contributed by atoms with van der Waals surface area (Å²) in [7, 11) is -3.63. The second-order valence-corrected chi connectivity index (χ2v) is 9.25. The van der Waals surface area contributed by atoms with E-state index in [-0.39, 0.29) is 11.9 Å². The molecule has 1 aliphatic rings. The number of amides is 1. The molecule has 0 N–H and O–H groups in total. The average Bonchev–Trinajstić information content (AvgIpc) is 2.92. The molecule has 2 unspecified atom stereocenters. The van der Waals surface area contributed by atoms with Crippen molar-refractivity contribution in [3.63, 3.8) is 0 Å². The number of anilines is 2. The van der Waals surface area contributed by atoms with E-state index in [2.05, 4.69) is 0 Å². The van der Waals surface area contributed by atoms with Crippen LogP contribution in [0.5, 0.6) is 0 Å². The zero-order valence-corrected chi connectivity index (χ0v) is 17.2. The number of hydrogen-bond acceptors (Lipinski definition) is 3. The van der Waals surface area contributed by atoms with Crippen LogP contribution in [0.1, 0.15) is 30.5 Å². The van der Waals surface area contributed by atoms with Crippen molar-refractivity contribution < 1.29 is 13.2 Å². The van der Waals surface area contributed by atoms with Gasteiger partial charge in [-0.3, -0.25) is 9.10 Å². The van der Waals surface area contributed by atoms with E-state index in [1.54, 1.807) is 17.9 Å². The molecular formula is C21H26N2O3S. The van der Waals surface area contributed by atoms with Crippen molar-refractivity contribution in [2.75, 3.05) is 15.5 Å². The molecule has 1 amide bonds. The molecule has 2 aromatic rings. The Bertz CT molecular complexity index is 985. The minimum atomic E-state index is -3.63. The van der Waals surface area contributed by atoms with E-state index < -0.39 is 16.1 Å². The molecule has 3 rings (SSSR count). The molecule has 2 aromatic carbocycles. The molecule has 27 heavy (non-hydrogen) atoms. The predicted molar refractivity (Wildman–Crippen MR) is 110 cm³/mol. The summed E-state index contributed by atoms with van der Waals surface area (Å²) in [6.45, 7) is 7.56. The van der Waals surface area contributed by atoms with Crippen molar-refractivity contribution in [2.24, 2.45) is 0 Å². The number of benzene rings is 2. The molecule has 0 spiro atoms. The Morgan fingerprint density at radius 3 is 2.44 bits per heavy atom. The van der Waals surface area contributed by atoms with Gasteiger partial charge in [0.25, 0.3) is 5.91 Å². The molecule has 0 saturated heterocycles. The summed E-state index contributed by atoms with van der Waals surface area (Å²) < 4.78 is 26.4. The number of hydrogen-bond donors (Lipinski definition) is 0.